The third-order valence-corrected chi connectivity index (χ3v) is 4.27. The Morgan fingerprint density at radius 3 is 2.54 bits per heavy atom. The summed E-state index contributed by atoms with van der Waals surface area (Å²) in [7, 11) is 4.69. The molecule has 0 aliphatic rings. The highest BCUT2D eigenvalue weighted by Crippen LogP contribution is 2.30. The Morgan fingerprint density at radius 1 is 1.07 bits per heavy atom. The molecule has 1 amide bonds. The van der Waals surface area contributed by atoms with Gasteiger partial charge in [0.15, 0.2) is 5.82 Å². The number of benzene rings is 2. The van der Waals surface area contributed by atoms with Crippen molar-refractivity contribution in [2.75, 3.05) is 26.6 Å². The summed E-state index contributed by atoms with van der Waals surface area (Å²) in [6, 6.07) is 12.6. The molecular weight excluding hydrogens is 362 g/mol. The van der Waals surface area contributed by atoms with E-state index in [4.69, 9.17) is 14.2 Å². The topological polar surface area (TPSA) is 111 Å². The molecule has 0 radical (unpaired) electrons. The van der Waals surface area contributed by atoms with Gasteiger partial charge in [0, 0.05) is 6.07 Å². The summed E-state index contributed by atoms with van der Waals surface area (Å²) >= 11 is 0. The van der Waals surface area contributed by atoms with Gasteiger partial charge in [-0.05, 0) is 30.2 Å². The van der Waals surface area contributed by atoms with Crippen LogP contribution in [0.3, 0.4) is 0 Å². The minimum absolute atomic E-state index is 0.283. The molecule has 0 saturated heterocycles. The van der Waals surface area contributed by atoms with Crippen molar-refractivity contribution in [3.63, 3.8) is 0 Å². The molecule has 0 unspecified atom stereocenters. The largest absolute Gasteiger partial charge is 0.497 e. The van der Waals surface area contributed by atoms with E-state index in [0.717, 1.165) is 5.56 Å². The number of tetrazole rings is 1. The molecule has 1 atom stereocenters. The van der Waals surface area contributed by atoms with Crippen molar-refractivity contribution in [3.8, 4) is 17.2 Å². The normalized spacial score (nSPS) is 11.5. The van der Waals surface area contributed by atoms with Gasteiger partial charge in [-0.15, -0.1) is 10.2 Å². The number of methoxy groups -OCH3 is 3. The number of anilines is 1. The van der Waals surface area contributed by atoms with Crippen LogP contribution in [-0.4, -0.2) is 47.9 Å². The van der Waals surface area contributed by atoms with Crippen LogP contribution in [0.15, 0.2) is 42.5 Å². The molecule has 1 aromatic heterocycles. The quantitative estimate of drug-likeness (QED) is 0.613. The molecule has 0 fully saturated rings. The molecule has 28 heavy (non-hydrogen) atoms. The number of nitrogens with one attached hydrogen (secondary N) is 2. The second kappa shape index (κ2) is 8.85. The summed E-state index contributed by atoms with van der Waals surface area (Å²) in [5.74, 6) is 1.14. The predicted molar refractivity (Wildman–Crippen MR) is 102 cm³/mol. The second-order valence-corrected chi connectivity index (χ2v) is 5.89. The van der Waals surface area contributed by atoms with Crippen LogP contribution < -0.4 is 19.5 Å². The van der Waals surface area contributed by atoms with Gasteiger partial charge in [0.2, 0.25) is 5.91 Å². The smallest absolute Gasteiger partial charge is 0.235 e. The fraction of sp³-hybridized carbons (Fsp3) is 0.263. The van der Waals surface area contributed by atoms with Crippen LogP contribution in [0, 0.1) is 0 Å². The molecular formula is C19H21N5O4. The zero-order valence-electron chi connectivity index (χ0n) is 15.8. The van der Waals surface area contributed by atoms with Gasteiger partial charge in [-0.1, -0.05) is 23.4 Å². The summed E-state index contributed by atoms with van der Waals surface area (Å²) < 4.78 is 16.0. The number of hydrogen-bond acceptors (Lipinski definition) is 7. The molecule has 1 heterocycles. The van der Waals surface area contributed by atoms with Crippen LogP contribution in [-0.2, 0) is 11.2 Å². The van der Waals surface area contributed by atoms with Crippen LogP contribution >= 0.6 is 0 Å². The lowest BCUT2D eigenvalue weighted by Gasteiger charge is -2.17. The third kappa shape index (κ3) is 4.20. The number of para-hydroxylation sites is 2. The molecule has 0 aliphatic heterocycles. The summed E-state index contributed by atoms with van der Waals surface area (Å²) in [4.78, 5) is 13.1. The van der Waals surface area contributed by atoms with Gasteiger partial charge >= 0.3 is 0 Å². The van der Waals surface area contributed by atoms with E-state index >= 15 is 0 Å². The van der Waals surface area contributed by atoms with Crippen LogP contribution in [0.4, 0.5) is 5.69 Å². The van der Waals surface area contributed by atoms with Gasteiger partial charge in [-0.3, -0.25) is 4.79 Å². The average Bonchev–Trinajstić information content (AvgIpc) is 3.26. The van der Waals surface area contributed by atoms with Crippen molar-refractivity contribution in [1.82, 2.24) is 20.6 Å². The SMILES string of the molecule is COc1ccc(C[C@H](C(=O)Nc2ccccc2OC)c2nn[nH]n2)c(OC)c1. The molecule has 0 spiro atoms. The van der Waals surface area contributed by atoms with E-state index in [0.29, 0.717) is 29.4 Å². The highest BCUT2D eigenvalue weighted by Gasteiger charge is 2.27. The minimum atomic E-state index is -0.689. The van der Waals surface area contributed by atoms with E-state index in [9.17, 15) is 4.79 Å². The monoisotopic (exact) mass is 383 g/mol. The summed E-state index contributed by atoms with van der Waals surface area (Å²) in [6.45, 7) is 0. The lowest BCUT2D eigenvalue weighted by atomic mass is 9.96. The Hall–Kier alpha value is -3.62. The van der Waals surface area contributed by atoms with Gasteiger partial charge in [-0.25, -0.2) is 0 Å². The molecule has 3 rings (SSSR count). The van der Waals surface area contributed by atoms with E-state index in [2.05, 4.69) is 25.9 Å². The Morgan fingerprint density at radius 2 is 1.86 bits per heavy atom. The van der Waals surface area contributed by atoms with Crippen LogP contribution in [0.5, 0.6) is 17.2 Å². The van der Waals surface area contributed by atoms with E-state index in [1.54, 1.807) is 39.5 Å². The van der Waals surface area contributed by atoms with E-state index < -0.39 is 5.92 Å². The first-order chi connectivity index (χ1) is 13.7. The minimum Gasteiger partial charge on any atom is -0.497 e. The van der Waals surface area contributed by atoms with Crippen molar-refractivity contribution in [3.05, 3.63) is 53.9 Å². The first-order valence-corrected chi connectivity index (χ1v) is 8.54. The van der Waals surface area contributed by atoms with E-state index in [-0.39, 0.29) is 11.7 Å². The Labute approximate surface area is 162 Å². The number of aromatic amines is 1. The lowest BCUT2D eigenvalue weighted by molar-refractivity contribution is -0.117. The average molecular weight is 383 g/mol. The van der Waals surface area contributed by atoms with Crippen molar-refractivity contribution in [2.45, 2.75) is 12.3 Å². The first kappa shape index (κ1) is 19.2. The highest BCUT2D eigenvalue weighted by molar-refractivity contribution is 5.96. The third-order valence-electron chi connectivity index (χ3n) is 4.27. The number of ether oxygens (including phenoxy) is 3. The number of rotatable bonds is 8. The van der Waals surface area contributed by atoms with Gasteiger partial charge in [0.1, 0.15) is 23.2 Å². The fourth-order valence-corrected chi connectivity index (χ4v) is 2.83. The highest BCUT2D eigenvalue weighted by atomic mass is 16.5. The molecule has 3 aromatic rings. The molecule has 146 valence electrons. The van der Waals surface area contributed by atoms with E-state index in [1.807, 2.05) is 24.3 Å². The maximum Gasteiger partial charge on any atom is 0.235 e. The Bertz CT molecular complexity index is 930. The summed E-state index contributed by atoms with van der Waals surface area (Å²) in [5, 5.41) is 16.9. The Balaban J connectivity index is 1.89. The zero-order valence-corrected chi connectivity index (χ0v) is 15.8. The van der Waals surface area contributed by atoms with Crippen molar-refractivity contribution >= 4 is 11.6 Å². The van der Waals surface area contributed by atoms with Crippen molar-refractivity contribution in [1.29, 1.82) is 0 Å². The fourth-order valence-electron chi connectivity index (χ4n) is 2.83. The molecule has 0 aliphatic carbocycles. The number of carbonyl (C=O) groups excluding carboxylic acids is 1. The van der Waals surface area contributed by atoms with Crippen LogP contribution in [0.25, 0.3) is 0 Å². The van der Waals surface area contributed by atoms with Crippen LogP contribution in [0.2, 0.25) is 0 Å². The maximum atomic E-state index is 13.1. The molecule has 0 saturated carbocycles. The second-order valence-electron chi connectivity index (χ2n) is 5.89. The zero-order chi connectivity index (χ0) is 19.9. The van der Waals surface area contributed by atoms with Gasteiger partial charge in [-0.2, -0.15) is 5.21 Å². The van der Waals surface area contributed by atoms with Crippen LogP contribution in [0.1, 0.15) is 17.3 Å². The lowest BCUT2D eigenvalue weighted by Crippen LogP contribution is -2.24. The molecule has 0 bridgehead atoms. The predicted octanol–water partition coefficient (Wildman–Crippen LogP) is 2.19. The Kier molecular flexibility index (Phi) is 6.05. The molecule has 2 N–H and O–H groups in total. The maximum absolute atomic E-state index is 13.1. The van der Waals surface area contributed by atoms with Crippen molar-refractivity contribution < 1.29 is 19.0 Å². The number of hydrogen-bond donors (Lipinski definition) is 2. The molecule has 2 aromatic carbocycles. The van der Waals surface area contributed by atoms with Gasteiger partial charge in [0.25, 0.3) is 0 Å². The number of amides is 1. The molecule has 9 nitrogen and oxygen atoms in total. The molecule has 9 heteroatoms. The van der Waals surface area contributed by atoms with Gasteiger partial charge < -0.3 is 19.5 Å². The van der Waals surface area contributed by atoms with Gasteiger partial charge in [0.05, 0.1) is 27.0 Å². The number of carbonyl (C=O) groups is 1. The first-order valence-electron chi connectivity index (χ1n) is 8.54. The standard InChI is InChI=1S/C19H21N5O4/c1-26-13-9-8-12(17(11-13)28-3)10-14(18-21-23-24-22-18)19(25)20-15-6-4-5-7-16(15)27-2/h4-9,11,14H,10H2,1-3H3,(H,20,25)(H,21,22,23,24)/t14-/m0/s1. The summed E-state index contributed by atoms with van der Waals surface area (Å²) in [6.07, 6.45) is 0.313. The number of H-pyrrole nitrogens is 1. The number of aromatic nitrogens is 4. The van der Waals surface area contributed by atoms with E-state index in [1.165, 1.54) is 0 Å². The van der Waals surface area contributed by atoms with Crippen molar-refractivity contribution in [2.24, 2.45) is 0 Å². The summed E-state index contributed by atoms with van der Waals surface area (Å²) in [5.41, 5.74) is 1.37. The number of nitrogens with zero attached hydrogens (tertiary/aromatic N) is 3.